The number of H-pyrrole nitrogens is 1. The first-order valence-electron chi connectivity index (χ1n) is 6.36. The van der Waals surface area contributed by atoms with Crippen LogP contribution in [0.25, 0.3) is 10.4 Å². The topological polar surface area (TPSA) is 142 Å². The van der Waals surface area contributed by atoms with Gasteiger partial charge in [-0.05, 0) is 0 Å². The number of nitrogens with one attached hydrogen (secondary N) is 1. The molecule has 2 heterocycles. The first kappa shape index (κ1) is 19.6. The van der Waals surface area contributed by atoms with Crippen molar-refractivity contribution in [1.29, 1.82) is 0 Å². The van der Waals surface area contributed by atoms with E-state index in [9.17, 15) is 19.1 Å². The molecule has 0 spiro atoms. The van der Waals surface area contributed by atoms with Crippen molar-refractivity contribution in [3.05, 3.63) is 43.5 Å². The standard InChI is InChI=1S/C10H11FIN5O5PS/c11-6-7(22-24(12)23)10(4-18,3-14-16-13)21-8(6)17-2-1-5(19)15-9(17)20/h1-2,6-8,18H,3-4H2,(H,15,19,20)/q-1/t6-,7+,8-,10-/m1/s1. The summed E-state index contributed by atoms with van der Waals surface area (Å²) in [6.45, 7) is -1.13. The molecule has 1 fully saturated rings. The summed E-state index contributed by atoms with van der Waals surface area (Å²) in [5, 5.41) is 13.0. The third-order valence-corrected chi connectivity index (χ3v) is 4.66. The molecule has 0 saturated carbocycles. The van der Waals surface area contributed by atoms with Crippen LogP contribution >= 0.6 is 29.0 Å². The summed E-state index contributed by atoms with van der Waals surface area (Å²) < 4.78 is 26.7. The zero-order chi connectivity index (χ0) is 17.9. The average Bonchev–Trinajstić information content (AvgIpc) is 2.79. The second-order valence-corrected chi connectivity index (χ2v) is 10.9. The number of aliphatic hydroxyl groups excluding tert-OH is 1. The number of aromatic nitrogens is 2. The average molecular weight is 490 g/mol. The van der Waals surface area contributed by atoms with E-state index >= 15 is 0 Å². The molecule has 2 N–H and O–H groups in total. The molecule has 2 rings (SSSR count). The molecule has 0 aliphatic carbocycles. The monoisotopic (exact) mass is 490 g/mol. The molecule has 1 saturated heterocycles. The number of rotatable bonds is 5. The van der Waals surface area contributed by atoms with E-state index in [1.807, 2.05) is 4.98 Å². The summed E-state index contributed by atoms with van der Waals surface area (Å²) in [7, 11) is 3.03. The van der Waals surface area contributed by atoms with Gasteiger partial charge in [-0.2, -0.15) is 0 Å². The number of azide groups is 1. The van der Waals surface area contributed by atoms with Gasteiger partial charge in [0.05, 0.1) is 0 Å². The molecule has 1 aromatic rings. The Morgan fingerprint density at radius 3 is 2.96 bits per heavy atom. The van der Waals surface area contributed by atoms with Gasteiger partial charge in [0.2, 0.25) is 0 Å². The number of nitrogens with zero attached hydrogens (tertiary/aromatic N) is 4. The van der Waals surface area contributed by atoms with E-state index in [0.717, 1.165) is 16.8 Å². The molecule has 4 atom stereocenters. The van der Waals surface area contributed by atoms with Crippen molar-refractivity contribution in [1.82, 2.24) is 9.55 Å². The van der Waals surface area contributed by atoms with Crippen LogP contribution in [0.2, 0.25) is 0 Å². The molecular formula is C10H11FIN5O5PS-. The Labute approximate surface area is 150 Å². The van der Waals surface area contributed by atoms with Crippen molar-refractivity contribution in [3.63, 3.8) is 0 Å². The van der Waals surface area contributed by atoms with Gasteiger partial charge in [0.1, 0.15) is 0 Å². The van der Waals surface area contributed by atoms with Crippen LogP contribution in [0, 0.1) is 0 Å². The number of hydrogen-bond acceptors (Lipinski definition) is 7. The summed E-state index contributed by atoms with van der Waals surface area (Å²) >= 11 is 1.79. The van der Waals surface area contributed by atoms with E-state index in [1.165, 1.54) is 0 Å². The summed E-state index contributed by atoms with van der Waals surface area (Å²) in [6.07, 6.45) is -3.63. The fourth-order valence-corrected chi connectivity index (χ4v) is 3.73. The minimum atomic E-state index is -1.88. The molecule has 1 aromatic heterocycles. The van der Waals surface area contributed by atoms with E-state index < -0.39 is 55.8 Å². The number of alkyl halides is 1. The molecule has 24 heavy (non-hydrogen) atoms. The molecule has 1 aliphatic rings. The summed E-state index contributed by atoms with van der Waals surface area (Å²) in [6, 6.07) is 1.03. The third-order valence-electron chi connectivity index (χ3n) is 3.41. The number of aromatic amines is 1. The molecule has 14 heteroatoms. The van der Waals surface area contributed by atoms with Crippen LogP contribution in [-0.4, -0.2) is 45.7 Å². The van der Waals surface area contributed by atoms with Crippen LogP contribution in [0.3, 0.4) is 0 Å². The molecule has 132 valence electrons. The van der Waals surface area contributed by atoms with E-state index in [4.69, 9.17) is 14.5 Å². The number of ether oxygens (including phenoxy) is 1. The maximum atomic E-state index is 14.9. The van der Waals surface area contributed by atoms with Gasteiger partial charge < -0.3 is 0 Å². The second-order valence-electron chi connectivity index (χ2n) is 4.81. The van der Waals surface area contributed by atoms with E-state index in [-0.39, 0.29) is 0 Å². The molecule has 0 radical (unpaired) electrons. The van der Waals surface area contributed by atoms with E-state index in [1.54, 1.807) is 21.2 Å². The van der Waals surface area contributed by atoms with Crippen molar-refractivity contribution in [2.24, 2.45) is 5.11 Å². The maximum absolute atomic E-state index is 14.9. The molecular weight excluding hydrogens is 479 g/mol. The predicted octanol–water partition coefficient (Wildman–Crippen LogP) is 1.04. The van der Waals surface area contributed by atoms with Gasteiger partial charge in [-0.1, -0.05) is 0 Å². The summed E-state index contributed by atoms with van der Waals surface area (Å²) in [4.78, 5) is 27.6. The van der Waals surface area contributed by atoms with Gasteiger partial charge in [-0.3, -0.25) is 0 Å². The Morgan fingerprint density at radius 2 is 2.42 bits per heavy atom. The number of hydrogen-bond donors (Lipinski definition) is 2. The van der Waals surface area contributed by atoms with Crippen LogP contribution < -0.4 is 11.2 Å². The SMILES string of the molecule is [N-]=[N+]=NC[C@]1(CO)O[C@@H](n2ccc(=O)[nH]c2=O)[C@H](F)[C@@H]1O[S-](#P)I. The van der Waals surface area contributed by atoms with Crippen molar-refractivity contribution >= 4 is 36.3 Å². The van der Waals surface area contributed by atoms with E-state index in [2.05, 4.69) is 17.8 Å². The van der Waals surface area contributed by atoms with Gasteiger partial charge in [0, 0.05) is 0 Å². The minimum absolute atomic E-state index is 0.415. The Morgan fingerprint density at radius 1 is 1.71 bits per heavy atom. The van der Waals surface area contributed by atoms with Crippen LogP contribution in [0.1, 0.15) is 6.23 Å². The van der Waals surface area contributed by atoms with Crippen molar-refractivity contribution in [2.75, 3.05) is 13.2 Å². The van der Waals surface area contributed by atoms with E-state index in [0.29, 0.717) is 0 Å². The Kier molecular flexibility index (Phi) is 6.65. The fraction of sp³-hybridized carbons (Fsp3) is 0.600. The van der Waals surface area contributed by atoms with Gasteiger partial charge in [0.25, 0.3) is 0 Å². The molecule has 1 aliphatic heterocycles. The quantitative estimate of drug-likeness (QED) is 0.158. The van der Waals surface area contributed by atoms with Gasteiger partial charge in [-0.15, -0.1) is 0 Å². The summed E-state index contributed by atoms with van der Waals surface area (Å²) in [5.41, 5.74) is 5.28. The normalized spacial score (nSPS) is 29.5. The van der Waals surface area contributed by atoms with Crippen LogP contribution in [-0.2, 0) is 16.2 Å². The Hall–Kier alpha value is -0.690. The van der Waals surface area contributed by atoms with Crippen molar-refractivity contribution in [2.45, 2.75) is 24.1 Å². The molecule has 0 aromatic carbocycles. The van der Waals surface area contributed by atoms with Gasteiger partial charge in [0.15, 0.2) is 0 Å². The van der Waals surface area contributed by atoms with Gasteiger partial charge >= 0.3 is 150 Å². The predicted molar refractivity (Wildman–Crippen MR) is 93.3 cm³/mol. The third kappa shape index (κ3) is 3.93. The van der Waals surface area contributed by atoms with Crippen LogP contribution in [0.5, 0.6) is 0 Å². The molecule has 10 nitrogen and oxygen atoms in total. The second kappa shape index (κ2) is 8.13. The molecule has 0 bridgehead atoms. The fourth-order valence-electron chi connectivity index (χ4n) is 2.33. The van der Waals surface area contributed by atoms with Gasteiger partial charge in [-0.25, -0.2) is 0 Å². The zero-order valence-corrected chi connectivity index (χ0v) is 15.6. The van der Waals surface area contributed by atoms with Crippen molar-refractivity contribution < 1.29 is 18.4 Å². The molecule has 0 unspecified atom stereocenters. The summed E-state index contributed by atoms with van der Waals surface area (Å²) in [5.74, 6) is 0. The first-order chi connectivity index (χ1) is 11.3. The first-order valence-corrected chi connectivity index (χ1v) is 11.1. The van der Waals surface area contributed by atoms with Crippen molar-refractivity contribution in [3.8, 4) is 0 Å². The zero-order valence-electron chi connectivity index (χ0n) is 11.8. The van der Waals surface area contributed by atoms with Crippen LogP contribution in [0.15, 0.2) is 27.0 Å². The number of aliphatic hydroxyl groups is 1. The Balaban J connectivity index is 2.49. The number of halogens is 2. The Bertz CT molecular complexity index is 850. The van der Waals surface area contributed by atoms with Crippen LogP contribution in [0.4, 0.5) is 4.39 Å². The molecule has 0 amide bonds.